The van der Waals surface area contributed by atoms with Crippen LogP contribution in [0.5, 0.6) is 5.75 Å². The van der Waals surface area contributed by atoms with Crippen molar-refractivity contribution in [1.29, 1.82) is 0 Å². The maximum Gasteiger partial charge on any atom is 0.176 e. The van der Waals surface area contributed by atoms with Gasteiger partial charge in [-0.1, -0.05) is 12.1 Å². The summed E-state index contributed by atoms with van der Waals surface area (Å²) in [6.45, 7) is 3.18. The third kappa shape index (κ3) is 2.41. The average Bonchev–Trinajstić information content (AvgIpc) is 3.13. The van der Waals surface area contributed by atoms with E-state index < -0.39 is 0 Å². The Balaban J connectivity index is 1.76. The maximum atomic E-state index is 9.34. The van der Waals surface area contributed by atoms with E-state index in [-0.39, 0.29) is 18.1 Å². The summed E-state index contributed by atoms with van der Waals surface area (Å²) in [5.41, 5.74) is 0.903. The molecule has 108 valence electrons. The Morgan fingerprint density at radius 2 is 2.25 bits per heavy atom. The Labute approximate surface area is 118 Å². The third-order valence-corrected chi connectivity index (χ3v) is 4.25. The van der Waals surface area contributed by atoms with Crippen LogP contribution in [0, 0.1) is 5.41 Å². The lowest BCUT2D eigenvalue weighted by atomic mass is 10.1. The number of aliphatic hydroxyl groups excluding tert-OH is 1. The predicted molar refractivity (Wildman–Crippen MR) is 77.9 cm³/mol. The highest BCUT2D eigenvalue weighted by Crippen LogP contribution is 2.44. The summed E-state index contributed by atoms with van der Waals surface area (Å²) in [6, 6.07) is 8.06. The van der Waals surface area contributed by atoms with Gasteiger partial charge in [-0.15, -0.1) is 0 Å². The summed E-state index contributed by atoms with van der Waals surface area (Å²) in [6.07, 6.45) is 2.22. The molecular weight excluding hydrogens is 254 g/mol. The van der Waals surface area contributed by atoms with Crippen LogP contribution in [0.1, 0.15) is 31.6 Å². The number of hydrogen-bond donors (Lipinski definition) is 2. The molecule has 1 unspecified atom stereocenters. The molecule has 3 rings (SSSR count). The van der Waals surface area contributed by atoms with E-state index in [2.05, 4.69) is 12.2 Å². The van der Waals surface area contributed by atoms with E-state index in [4.69, 9.17) is 9.15 Å². The summed E-state index contributed by atoms with van der Waals surface area (Å²) < 4.78 is 11.2. The van der Waals surface area contributed by atoms with E-state index in [0.717, 1.165) is 41.9 Å². The van der Waals surface area contributed by atoms with Gasteiger partial charge in [0.1, 0.15) is 5.76 Å². The van der Waals surface area contributed by atoms with Gasteiger partial charge in [-0.3, -0.25) is 0 Å². The van der Waals surface area contributed by atoms with Crippen molar-refractivity contribution in [3.63, 3.8) is 0 Å². The lowest BCUT2D eigenvalue weighted by Crippen LogP contribution is -2.28. The molecule has 0 bridgehead atoms. The molecule has 1 heterocycles. The first-order valence-corrected chi connectivity index (χ1v) is 7.08. The normalized spacial score (nSPS) is 18.1. The maximum absolute atomic E-state index is 9.34. The molecule has 0 amide bonds. The average molecular weight is 275 g/mol. The van der Waals surface area contributed by atoms with Crippen LogP contribution in [0.15, 0.2) is 28.7 Å². The summed E-state index contributed by atoms with van der Waals surface area (Å²) in [4.78, 5) is 0. The molecule has 1 saturated carbocycles. The number of para-hydroxylation sites is 1. The van der Waals surface area contributed by atoms with Crippen LogP contribution < -0.4 is 10.1 Å². The fraction of sp³-hybridized carbons (Fsp3) is 0.500. The molecule has 20 heavy (non-hydrogen) atoms. The lowest BCUT2D eigenvalue weighted by Gasteiger charge is -2.16. The van der Waals surface area contributed by atoms with E-state index in [1.54, 1.807) is 7.11 Å². The molecular formula is C16H21NO3. The topological polar surface area (TPSA) is 54.6 Å². The Morgan fingerprint density at radius 3 is 2.90 bits per heavy atom. The SMILES string of the molecule is COc1cccc2cc(C(C)NCC3(CO)CC3)oc12. The highest BCUT2D eigenvalue weighted by molar-refractivity contribution is 5.83. The van der Waals surface area contributed by atoms with Gasteiger partial charge >= 0.3 is 0 Å². The van der Waals surface area contributed by atoms with Crippen LogP contribution in [0.4, 0.5) is 0 Å². The van der Waals surface area contributed by atoms with Crippen LogP contribution in [-0.2, 0) is 0 Å². The fourth-order valence-corrected chi connectivity index (χ4v) is 2.47. The van der Waals surface area contributed by atoms with E-state index in [9.17, 15) is 5.11 Å². The second-order valence-corrected chi connectivity index (χ2v) is 5.79. The van der Waals surface area contributed by atoms with E-state index in [1.807, 2.05) is 24.3 Å². The van der Waals surface area contributed by atoms with Crippen molar-refractivity contribution in [2.24, 2.45) is 5.41 Å². The van der Waals surface area contributed by atoms with E-state index in [0.29, 0.717) is 0 Å². The van der Waals surface area contributed by atoms with Crippen molar-refractivity contribution >= 4 is 11.0 Å². The quantitative estimate of drug-likeness (QED) is 0.851. The first kappa shape index (κ1) is 13.5. The van der Waals surface area contributed by atoms with Crippen molar-refractivity contribution in [2.45, 2.75) is 25.8 Å². The molecule has 1 aromatic carbocycles. The Morgan fingerprint density at radius 1 is 1.45 bits per heavy atom. The van der Waals surface area contributed by atoms with Gasteiger partial charge in [-0.2, -0.15) is 0 Å². The van der Waals surface area contributed by atoms with E-state index >= 15 is 0 Å². The number of methoxy groups -OCH3 is 1. The summed E-state index contributed by atoms with van der Waals surface area (Å²) in [7, 11) is 1.65. The molecule has 1 aliphatic carbocycles. The minimum absolute atomic E-state index is 0.109. The zero-order chi connectivity index (χ0) is 14.2. The summed E-state index contributed by atoms with van der Waals surface area (Å²) in [5, 5.41) is 13.9. The lowest BCUT2D eigenvalue weighted by molar-refractivity contribution is 0.203. The minimum atomic E-state index is 0.109. The van der Waals surface area contributed by atoms with Gasteiger partial charge in [0.25, 0.3) is 0 Å². The minimum Gasteiger partial charge on any atom is -0.493 e. The van der Waals surface area contributed by atoms with Crippen LogP contribution in [-0.4, -0.2) is 25.4 Å². The van der Waals surface area contributed by atoms with Crippen molar-refractivity contribution < 1.29 is 14.3 Å². The Hall–Kier alpha value is -1.52. The fourth-order valence-electron chi connectivity index (χ4n) is 2.47. The Bertz CT molecular complexity index is 601. The second-order valence-electron chi connectivity index (χ2n) is 5.79. The van der Waals surface area contributed by atoms with E-state index in [1.165, 1.54) is 0 Å². The largest absolute Gasteiger partial charge is 0.493 e. The zero-order valence-electron chi connectivity index (χ0n) is 12.0. The van der Waals surface area contributed by atoms with Gasteiger partial charge in [0, 0.05) is 24.0 Å². The highest BCUT2D eigenvalue weighted by Gasteiger charge is 2.41. The van der Waals surface area contributed by atoms with Crippen LogP contribution in [0.25, 0.3) is 11.0 Å². The molecule has 4 nitrogen and oxygen atoms in total. The number of fused-ring (bicyclic) bond motifs is 1. The number of aliphatic hydroxyl groups is 1. The number of ether oxygens (including phenoxy) is 1. The molecule has 2 aromatic rings. The van der Waals surface area contributed by atoms with Gasteiger partial charge in [0.15, 0.2) is 11.3 Å². The molecule has 0 spiro atoms. The zero-order valence-corrected chi connectivity index (χ0v) is 12.0. The van der Waals surface area contributed by atoms with Crippen molar-refractivity contribution in [2.75, 3.05) is 20.3 Å². The molecule has 0 radical (unpaired) electrons. The molecule has 0 aliphatic heterocycles. The molecule has 0 saturated heterocycles. The summed E-state index contributed by atoms with van der Waals surface area (Å²) in [5.74, 6) is 1.66. The standard InChI is InChI=1S/C16H21NO3/c1-11(17-9-16(10-18)6-7-16)14-8-12-4-3-5-13(19-2)15(12)20-14/h3-5,8,11,17-18H,6-7,9-10H2,1-2H3. The van der Waals surface area contributed by atoms with Gasteiger partial charge in [0.05, 0.1) is 13.2 Å². The van der Waals surface area contributed by atoms with Crippen molar-refractivity contribution in [3.8, 4) is 5.75 Å². The van der Waals surface area contributed by atoms with Crippen LogP contribution in [0.2, 0.25) is 0 Å². The molecule has 1 atom stereocenters. The monoisotopic (exact) mass is 275 g/mol. The van der Waals surface area contributed by atoms with Gasteiger partial charge in [-0.05, 0) is 31.9 Å². The molecule has 1 aromatic heterocycles. The van der Waals surface area contributed by atoms with Gasteiger partial charge in [0.2, 0.25) is 0 Å². The van der Waals surface area contributed by atoms with Crippen molar-refractivity contribution in [1.82, 2.24) is 5.32 Å². The number of nitrogens with one attached hydrogen (secondary N) is 1. The first-order valence-electron chi connectivity index (χ1n) is 7.08. The second kappa shape index (κ2) is 5.11. The smallest absolute Gasteiger partial charge is 0.176 e. The van der Waals surface area contributed by atoms with Gasteiger partial charge < -0.3 is 19.6 Å². The number of furan rings is 1. The van der Waals surface area contributed by atoms with Gasteiger partial charge in [-0.25, -0.2) is 0 Å². The van der Waals surface area contributed by atoms with Crippen LogP contribution in [0.3, 0.4) is 0 Å². The first-order chi connectivity index (χ1) is 9.67. The highest BCUT2D eigenvalue weighted by atomic mass is 16.5. The Kier molecular flexibility index (Phi) is 3.44. The molecule has 1 aliphatic rings. The summed E-state index contributed by atoms with van der Waals surface area (Å²) >= 11 is 0. The number of hydrogen-bond acceptors (Lipinski definition) is 4. The molecule has 1 fully saturated rings. The molecule has 2 N–H and O–H groups in total. The number of benzene rings is 1. The third-order valence-electron chi connectivity index (χ3n) is 4.25. The predicted octanol–water partition coefficient (Wildman–Crippen LogP) is 2.86. The van der Waals surface area contributed by atoms with Crippen LogP contribution >= 0.6 is 0 Å². The molecule has 4 heteroatoms. The van der Waals surface area contributed by atoms with Crippen molar-refractivity contribution in [3.05, 3.63) is 30.0 Å². The number of rotatable bonds is 6.